The fourth-order valence-corrected chi connectivity index (χ4v) is 4.30. The highest BCUT2D eigenvalue weighted by Gasteiger charge is 2.33. The molecule has 0 aliphatic carbocycles. The molecule has 0 aliphatic heterocycles. The minimum Gasteiger partial charge on any atom is -0.347 e. The maximum absolute atomic E-state index is 12.9. The molecule has 4 rings (SSSR count). The second-order valence-corrected chi connectivity index (χ2v) is 8.18. The molecule has 3 aromatic heterocycles. The molecule has 0 aliphatic rings. The van der Waals surface area contributed by atoms with Gasteiger partial charge >= 0.3 is 6.18 Å². The summed E-state index contributed by atoms with van der Waals surface area (Å²) in [6.07, 6.45) is -1.50. The van der Waals surface area contributed by atoms with Crippen molar-refractivity contribution >= 4 is 39.1 Å². The van der Waals surface area contributed by atoms with E-state index in [4.69, 9.17) is 0 Å². The Bertz CT molecular complexity index is 1340. The maximum atomic E-state index is 12.9. The normalized spacial score (nSPS) is 11.4. The van der Waals surface area contributed by atoms with E-state index in [-0.39, 0.29) is 17.3 Å². The molecule has 168 valence electrons. The molecule has 0 fully saturated rings. The lowest BCUT2D eigenvalue weighted by Gasteiger charge is -2.09. The number of halogens is 3. The number of anilines is 1. The number of fused-ring (bicyclic) bond motifs is 1. The van der Waals surface area contributed by atoms with Gasteiger partial charge in [0.2, 0.25) is 0 Å². The van der Waals surface area contributed by atoms with Gasteiger partial charge in [-0.3, -0.25) is 14.6 Å². The van der Waals surface area contributed by atoms with Crippen molar-refractivity contribution in [2.45, 2.75) is 19.6 Å². The van der Waals surface area contributed by atoms with Gasteiger partial charge in [0.1, 0.15) is 10.5 Å². The monoisotopic (exact) mass is 470 g/mol. The minimum absolute atomic E-state index is 0.160. The lowest BCUT2D eigenvalue weighted by atomic mass is 10.1. The summed E-state index contributed by atoms with van der Waals surface area (Å²) < 4.78 is 38.8. The number of carbonyl (C=O) groups is 2. The molecule has 0 saturated carbocycles. The van der Waals surface area contributed by atoms with Crippen molar-refractivity contribution in [1.82, 2.24) is 15.3 Å². The Morgan fingerprint density at radius 2 is 1.79 bits per heavy atom. The average Bonchev–Trinajstić information content (AvgIpc) is 3.14. The Kier molecular flexibility index (Phi) is 6.10. The second-order valence-electron chi connectivity index (χ2n) is 7.18. The summed E-state index contributed by atoms with van der Waals surface area (Å²) in [6.45, 7) is 1.85. The van der Waals surface area contributed by atoms with Crippen LogP contribution in [0.1, 0.15) is 36.9 Å². The van der Waals surface area contributed by atoms with Gasteiger partial charge in [-0.2, -0.15) is 13.2 Å². The Labute approximate surface area is 190 Å². The molecule has 3 heterocycles. The third-order valence-electron chi connectivity index (χ3n) is 4.88. The molecule has 0 saturated heterocycles. The van der Waals surface area contributed by atoms with E-state index in [1.54, 1.807) is 43.3 Å². The molecule has 1 aromatic carbocycles. The van der Waals surface area contributed by atoms with Gasteiger partial charge in [0, 0.05) is 35.6 Å². The number of hydrogen-bond acceptors (Lipinski definition) is 5. The van der Waals surface area contributed by atoms with E-state index in [1.165, 1.54) is 18.5 Å². The van der Waals surface area contributed by atoms with Crippen LogP contribution in [0.2, 0.25) is 0 Å². The predicted molar refractivity (Wildman–Crippen MR) is 119 cm³/mol. The van der Waals surface area contributed by atoms with Crippen LogP contribution in [0.5, 0.6) is 0 Å². The molecular weight excluding hydrogens is 453 g/mol. The first-order chi connectivity index (χ1) is 15.7. The topological polar surface area (TPSA) is 84.0 Å². The van der Waals surface area contributed by atoms with Gasteiger partial charge in [0.15, 0.2) is 0 Å². The number of benzene rings is 1. The number of hydrogen-bond donors (Lipinski definition) is 2. The Balaban J connectivity index is 1.46. The van der Waals surface area contributed by atoms with Crippen molar-refractivity contribution < 1.29 is 22.8 Å². The third kappa shape index (κ3) is 5.01. The van der Waals surface area contributed by atoms with Crippen LogP contribution in [0, 0.1) is 6.92 Å². The summed E-state index contributed by atoms with van der Waals surface area (Å²) >= 11 is 0.921. The number of rotatable bonds is 5. The van der Waals surface area contributed by atoms with E-state index in [0.29, 0.717) is 27.1 Å². The molecule has 4 aromatic rings. The SMILES string of the molecule is Cc1c(C(=O)NCc2cccc(NC(=O)c3ccncc3)c2)sc2nc(C(F)(F)F)ccc12. The summed E-state index contributed by atoms with van der Waals surface area (Å²) in [4.78, 5) is 33.0. The maximum Gasteiger partial charge on any atom is 0.433 e. The summed E-state index contributed by atoms with van der Waals surface area (Å²) in [5.74, 6) is -0.694. The van der Waals surface area contributed by atoms with Crippen molar-refractivity contribution in [3.05, 3.63) is 88.2 Å². The van der Waals surface area contributed by atoms with Gasteiger partial charge in [-0.25, -0.2) is 4.98 Å². The quantitative estimate of drug-likeness (QED) is 0.420. The zero-order valence-electron chi connectivity index (χ0n) is 17.2. The summed E-state index contributed by atoms with van der Waals surface area (Å²) in [6, 6.07) is 12.4. The first-order valence-corrected chi connectivity index (χ1v) is 10.6. The highest BCUT2D eigenvalue weighted by Crippen LogP contribution is 2.34. The largest absolute Gasteiger partial charge is 0.433 e. The van der Waals surface area contributed by atoms with Crippen molar-refractivity contribution in [1.29, 1.82) is 0 Å². The number of alkyl halides is 3. The molecule has 0 atom stereocenters. The summed E-state index contributed by atoms with van der Waals surface area (Å²) in [5.41, 5.74) is 1.35. The first-order valence-electron chi connectivity index (χ1n) is 9.78. The van der Waals surface area contributed by atoms with Crippen LogP contribution in [0.15, 0.2) is 60.9 Å². The van der Waals surface area contributed by atoms with Crippen LogP contribution in [0.25, 0.3) is 10.2 Å². The lowest BCUT2D eigenvalue weighted by Crippen LogP contribution is -2.22. The molecule has 2 N–H and O–H groups in total. The van der Waals surface area contributed by atoms with E-state index < -0.39 is 17.8 Å². The molecular formula is C23H17F3N4O2S. The van der Waals surface area contributed by atoms with Crippen LogP contribution in [-0.2, 0) is 12.7 Å². The Morgan fingerprint density at radius 3 is 2.52 bits per heavy atom. The predicted octanol–water partition coefficient (Wildman–Crippen LogP) is 5.20. The number of carbonyl (C=O) groups excluding carboxylic acids is 2. The number of thiophene rings is 1. The molecule has 6 nitrogen and oxygen atoms in total. The molecule has 0 radical (unpaired) electrons. The van der Waals surface area contributed by atoms with Gasteiger partial charge in [-0.1, -0.05) is 12.1 Å². The number of nitrogens with one attached hydrogen (secondary N) is 2. The van der Waals surface area contributed by atoms with Crippen LogP contribution >= 0.6 is 11.3 Å². The Morgan fingerprint density at radius 1 is 1.03 bits per heavy atom. The lowest BCUT2D eigenvalue weighted by molar-refractivity contribution is -0.140. The third-order valence-corrected chi connectivity index (χ3v) is 6.08. The van der Waals surface area contributed by atoms with Gasteiger partial charge in [-0.15, -0.1) is 11.3 Å². The highest BCUT2D eigenvalue weighted by atomic mass is 32.1. The van der Waals surface area contributed by atoms with Gasteiger partial charge in [-0.05, 0) is 54.4 Å². The molecule has 0 unspecified atom stereocenters. The van der Waals surface area contributed by atoms with Gasteiger partial charge in [0.25, 0.3) is 11.8 Å². The second kappa shape index (κ2) is 8.99. The van der Waals surface area contributed by atoms with E-state index in [0.717, 1.165) is 23.0 Å². The number of amides is 2. The van der Waals surface area contributed by atoms with Crippen molar-refractivity contribution in [2.75, 3.05) is 5.32 Å². The number of pyridine rings is 2. The van der Waals surface area contributed by atoms with Gasteiger partial charge < -0.3 is 10.6 Å². The van der Waals surface area contributed by atoms with Crippen molar-refractivity contribution in [2.24, 2.45) is 0 Å². The Hall–Kier alpha value is -3.79. The number of nitrogens with zero attached hydrogens (tertiary/aromatic N) is 2. The standard InChI is InChI=1S/C23H17F3N4O2S/c1-13-17-5-6-18(23(24,25)26)30-22(17)33-19(13)21(32)28-12-14-3-2-4-16(11-14)29-20(31)15-7-9-27-10-8-15/h2-11H,12H2,1H3,(H,28,32)(H,29,31). The number of aryl methyl sites for hydroxylation is 1. The molecule has 10 heteroatoms. The van der Waals surface area contributed by atoms with Crippen LogP contribution < -0.4 is 10.6 Å². The summed E-state index contributed by atoms with van der Waals surface area (Å²) in [7, 11) is 0. The average molecular weight is 470 g/mol. The fourth-order valence-electron chi connectivity index (χ4n) is 3.20. The van der Waals surface area contributed by atoms with Crippen LogP contribution in [-0.4, -0.2) is 21.8 Å². The van der Waals surface area contributed by atoms with Gasteiger partial charge in [0.05, 0.1) is 4.88 Å². The molecule has 2 amide bonds. The van der Waals surface area contributed by atoms with Crippen molar-refractivity contribution in [3.8, 4) is 0 Å². The zero-order valence-corrected chi connectivity index (χ0v) is 18.1. The van der Waals surface area contributed by atoms with E-state index in [9.17, 15) is 22.8 Å². The highest BCUT2D eigenvalue weighted by molar-refractivity contribution is 7.20. The zero-order chi connectivity index (χ0) is 23.6. The number of aromatic nitrogens is 2. The smallest absolute Gasteiger partial charge is 0.347 e. The molecule has 0 spiro atoms. The molecule has 0 bridgehead atoms. The fraction of sp³-hybridized carbons (Fsp3) is 0.130. The minimum atomic E-state index is -4.55. The van der Waals surface area contributed by atoms with Crippen LogP contribution in [0.4, 0.5) is 18.9 Å². The van der Waals surface area contributed by atoms with E-state index in [2.05, 4.69) is 20.6 Å². The summed E-state index contributed by atoms with van der Waals surface area (Å²) in [5, 5.41) is 6.07. The van der Waals surface area contributed by atoms with Crippen molar-refractivity contribution in [3.63, 3.8) is 0 Å². The first kappa shape index (κ1) is 22.4. The van der Waals surface area contributed by atoms with E-state index in [1.807, 2.05) is 0 Å². The van der Waals surface area contributed by atoms with E-state index >= 15 is 0 Å². The van der Waals surface area contributed by atoms with Crippen LogP contribution in [0.3, 0.4) is 0 Å². The molecule has 33 heavy (non-hydrogen) atoms.